The van der Waals surface area contributed by atoms with Crippen LogP contribution in [-0.2, 0) is 6.54 Å². The van der Waals surface area contributed by atoms with E-state index < -0.39 is 0 Å². The molecule has 1 aromatic heterocycles. The van der Waals surface area contributed by atoms with Crippen molar-refractivity contribution in [1.29, 1.82) is 5.26 Å². The number of nitrogens with zero attached hydrogens (tertiary/aromatic N) is 3. The van der Waals surface area contributed by atoms with Crippen LogP contribution >= 0.6 is 0 Å². The summed E-state index contributed by atoms with van der Waals surface area (Å²) in [5, 5.41) is 16.3. The fourth-order valence-electron chi connectivity index (χ4n) is 2.86. The average Bonchev–Trinajstić information content (AvgIpc) is 2.95. The van der Waals surface area contributed by atoms with Crippen LogP contribution in [0.4, 0.5) is 5.69 Å². The summed E-state index contributed by atoms with van der Waals surface area (Å²) in [6, 6.07) is 16.4. The van der Waals surface area contributed by atoms with Crippen molar-refractivity contribution in [3.05, 3.63) is 76.6 Å². The van der Waals surface area contributed by atoms with E-state index in [-0.39, 0.29) is 5.91 Å². The molecule has 0 aliphatic carbocycles. The Labute approximate surface area is 158 Å². The van der Waals surface area contributed by atoms with Gasteiger partial charge in [0.2, 0.25) is 0 Å². The van der Waals surface area contributed by atoms with E-state index in [2.05, 4.69) is 10.4 Å². The molecule has 0 spiro atoms. The van der Waals surface area contributed by atoms with Crippen LogP contribution in [0.3, 0.4) is 0 Å². The lowest BCUT2D eigenvalue weighted by atomic mass is 10.1. The van der Waals surface area contributed by atoms with Gasteiger partial charge in [-0.15, -0.1) is 0 Å². The van der Waals surface area contributed by atoms with Gasteiger partial charge in [0, 0.05) is 5.56 Å². The summed E-state index contributed by atoms with van der Waals surface area (Å²) in [6.45, 7) is 4.37. The Morgan fingerprint density at radius 1 is 1.22 bits per heavy atom. The number of nitrogens with one attached hydrogen (secondary N) is 1. The van der Waals surface area contributed by atoms with Crippen molar-refractivity contribution in [2.24, 2.45) is 0 Å². The van der Waals surface area contributed by atoms with Gasteiger partial charge in [-0.1, -0.05) is 12.1 Å². The van der Waals surface area contributed by atoms with E-state index >= 15 is 0 Å². The monoisotopic (exact) mass is 360 g/mol. The van der Waals surface area contributed by atoms with Crippen LogP contribution in [0.1, 0.15) is 32.9 Å². The highest BCUT2D eigenvalue weighted by atomic mass is 16.5. The molecule has 27 heavy (non-hydrogen) atoms. The summed E-state index contributed by atoms with van der Waals surface area (Å²) in [5.41, 5.74) is 4.39. The molecule has 1 heterocycles. The van der Waals surface area contributed by atoms with Gasteiger partial charge >= 0.3 is 0 Å². The summed E-state index contributed by atoms with van der Waals surface area (Å²) in [4.78, 5) is 12.5. The van der Waals surface area contributed by atoms with E-state index in [1.807, 2.05) is 48.9 Å². The standard InChI is InChI=1S/C21H20N4O2/c1-14-20(23-21(26)18-9-7-16(12-22)8-10-18)15(2)25(24-14)13-17-5-4-6-19(11-17)27-3/h4-11H,13H2,1-3H3,(H,23,26). The van der Waals surface area contributed by atoms with Crippen LogP contribution in [-0.4, -0.2) is 22.8 Å². The molecule has 0 aliphatic rings. The van der Waals surface area contributed by atoms with Crippen LogP contribution in [0.15, 0.2) is 48.5 Å². The molecule has 0 radical (unpaired) electrons. The summed E-state index contributed by atoms with van der Waals surface area (Å²) < 4.78 is 7.12. The predicted octanol–water partition coefficient (Wildman–Crippen LogP) is 3.68. The van der Waals surface area contributed by atoms with E-state index in [1.165, 1.54) is 0 Å². The summed E-state index contributed by atoms with van der Waals surface area (Å²) in [6.07, 6.45) is 0. The summed E-state index contributed by atoms with van der Waals surface area (Å²) in [7, 11) is 1.64. The van der Waals surface area contributed by atoms with Crippen LogP contribution < -0.4 is 10.1 Å². The minimum atomic E-state index is -0.230. The van der Waals surface area contributed by atoms with E-state index in [1.54, 1.807) is 31.4 Å². The molecule has 0 bridgehead atoms. The summed E-state index contributed by atoms with van der Waals surface area (Å²) >= 11 is 0. The Kier molecular flexibility index (Phi) is 5.23. The Bertz CT molecular complexity index is 1010. The molecule has 1 amide bonds. The third kappa shape index (κ3) is 3.98. The van der Waals surface area contributed by atoms with Gasteiger partial charge in [-0.05, 0) is 55.8 Å². The average molecular weight is 360 g/mol. The van der Waals surface area contributed by atoms with E-state index in [4.69, 9.17) is 10.00 Å². The first-order valence-corrected chi connectivity index (χ1v) is 8.50. The number of nitriles is 1. The van der Waals surface area contributed by atoms with Gasteiger partial charge in [-0.2, -0.15) is 10.4 Å². The van der Waals surface area contributed by atoms with E-state index in [9.17, 15) is 4.79 Å². The maximum atomic E-state index is 12.5. The van der Waals surface area contributed by atoms with Crippen LogP contribution in [0.25, 0.3) is 0 Å². The Morgan fingerprint density at radius 2 is 1.96 bits per heavy atom. The molecule has 2 aromatic carbocycles. The fraction of sp³-hybridized carbons (Fsp3) is 0.190. The normalized spacial score (nSPS) is 10.3. The van der Waals surface area contributed by atoms with Crippen molar-refractivity contribution in [2.75, 3.05) is 12.4 Å². The minimum Gasteiger partial charge on any atom is -0.497 e. The zero-order valence-electron chi connectivity index (χ0n) is 15.5. The van der Waals surface area contributed by atoms with Crippen molar-refractivity contribution >= 4 is 11.6 Å². The second kappa shape index (κ2) is 7.75. The van der Waals surface area contributed by atoms with Gasteiger partial charge in [0.15, 0.2) is 0 Å². The van der Waals surface area contributed by atoms with E-state index in [0.717, 1.165) is 22.7 Å². The van der Waals surface area contributed by atoms with Crippen LogP contribution in [0.5, 0.6) is 5.75 Å². The number of benzene rings is 2. The highest BCUT2D eigenvalue weighted by Crippen LogP contribution is 2.22. The van der Waals surface area contributed by atoms with Crippen molar-refractivity contribution in [3.63, 3.8) is 0 Å². The molecular formula is C21H20N4O2. The smallest absolute Gasteiger partial charge is 0.255 e. The number of carbonyl (C=O) groups is 1. The molecule has 6 heteroatoms. The number of hydrogen-bond donors (Lipinski definition) is 1. The van der Waals surface area contributed by atoms with Crippen LogP contribution in [0, 0.1) is 25.2 Å². The van der Waals surface area contributed by atoms with Crippen molar-refractivity contribution < 1.29 is 9.53 Å². The molecule has 0 atom stereocenters. The van der Waals surface area contributed by atoms with Crippen molar-refractivity contribution in [1.82, 2.24) is 9.78 Å². The minimum absolute atomic E-state index is 0.230. The lowest BCUT2D eigenvalue weighted by molar-refractivity contribution is 0.102. The number of hydrogen-bond acceptors (Lipinski definition) is 4. The van der Waals surface area contributed by atoms with Gasteiger partial charge in [0.05, 0.1) is 42.4 Å². The lowest BCUT2D eigenvalue weighted by Crippen LogP contribution is -2.13. The predicted molar refractivity (Wildman–Crippen MR) is 103 cm³/mol. The third-order valence-corrected chi connectivity index (χ3v) is 4.36. The molecule has 6 nitrogen and oxygen atoms in total. The van der Waals surface area contributed by atoms with Crippen molar-refractivity contribution in [2.45, 2.75) is 20.4 Å². The lowest BCUT2D eigenvalue weighted by Gasteiger charge is -2.08. The zero-order valence-corrected chi connectivity index (χ0v) is 15.5. The molecule has 0 saturated carbocycles. The summed E-state index contributed by atoms with van der Waals surface area (Å²) in [5.74, 6) is 0.565. The first kappa shape index (κ1) is 18.2. The Morgan fingerprint density at radius 3 is 2.63 bits per heavy atom. The second-order valence-electron chi connectivity index (χ2n) is 6.20. The number of anilines is 1. The Balaban J connectivity index is 1.80. The van der Waals surface area contributed by atoms with Crippen LogP contribution in [0.2, 0.25) is 0 Å². The molecule has 0 fully saturated rings. The largest absolute Gasteiger partial charge is 0.497 e. The molecule has 1 N–H and O–H groups in total. The van der Waals surface area contributed by atoms with Crippen molar-refractivity contribution in [3.8, 4) is 11.8 Å². The highest BCUT2D eigenvalue weighted by molar-refractivity contribution is 6.04. The molecule has 0 saturated heterocycles. The number of methoxy groups -OCH3 is 1. The number of rotatable bonds is 5. The second-order valence-corrected chi connectivity index (χ2v) is 6.20. The maximum absolute atomic E-state index is 12.5. The van der Waals surface area contributed by atoms with Gasteiger partial charge in [-0.25, -0.2) is 0 Å². The molecular weight excluding hydrogens is 340 g/mol. The maximum Gasteiger partial charge on any atom is 0.255 e. The quantitative estimate of drug-likeness (QED) is 0.753. The van der Waals surface area contributed by atoms with Gasteiger partial charge in [0.25, 0.3) is 5.91 Å². The number of aromatic nitrogens is 2. The highest BCUT2D eigenvalue weighted by Gasteiger charge is 2.15. The SMILES string of the molecule is COc1cccc(Cn2nc(C)c(NC(=O)c3ccc(C#N)cc3)c2C)c1. The molecule has 3 aromatic rings. The Hall–Kier alpha value is -3.59. The first-order chi connectivity index (χ1) is 13.0. The molecule has 0 unspecified atom stereocenters. The number of carbonyl (C=O) groups excluding carboxylic acids is 1. The third-order valence-electron chi connectivity index (χ3n) is 4.36. The molecule has 0 aliphatic heterocycles. The topological polar surface area (TPSA) is 79.9 Å². The van der Waals surface area contributed by atoms with Gasteiger partial charge < -0.3 is 10.1 Å². The van der Waals surface area contributed by atoms with Gasteiger partial charge in [-0.3, -0.25) is 9.48 Å². The molecule has 3 rings (SSSR count). The number of ether oxygens (including phenoxy) is 1. The van der Waals surface area contributed by atoms with E-state index in [0.29, 0.717) is 23.4 Å². The number of aryl methyl sites for hydroxylation is 1. The molecule has 136 valence electrons. The fourth-order valence-corrected chi connectivity index (χ4v) is 2.86. The number of amides is 1. The first-order valence-electron chi connectivity index (χ1n) is 8.50. The van der Waals surface area contributed by atoms with Gasteiger partial charge in [0.1, 0.15) is 5.75 Å². The zero-order chi connectivity index (χ0) is 19.4.